The van der Waals surface area contributed by atoms with Gasteiger partial charge in [0, 0.05) is 11.1 Å². The Kier molecular flexibility index (Phi) is 4.49. The van der Waals surface area contributed by atoms with Crippen LogP contribution in [-0.4, -0.2) is 24.2 Å². The average Bonchev–Trinajstić information content (AvgIpc) is 3.07. The number of hydrogen-bond donors (Lipinski definition) is 1. The number of rotatable bonds is 4. The Morgan fingerprint density at radius 1 is 1.17 bits per heavy atom. The van der Waals surface area contributed by atoms with Gasteiger partial charge < -0.3 is 0 Å². The lowest BCUT2D eigenvalue weighted by molar-refractivity contribution is 0.551. The van der Waals surface area contributed by atoms with Gasteiger partial charge in [0.1, 0.15) is 4.90 Å². The molecule has 1 aliphatic rings. The van der Waals surface area contributed by atoms with Crippen LogP contribution in [0.5, 0.6) is 0 Å². The summed E-state index contributed by atoms with van der Waals surface area (Å²) in [6.45, 7) is 3.50. The first kappa shape index (κ1) is 16.5. The zero-order valence-corrected chi connectivity index (χ0v) is 14.8. The second-order valence-corrected chi connectivity index (χ2v) is 8.08. The smallest absolute Gasteiger partial charge is 0.236 e. The summed E-state index contributed by atoms with van der Waals surface area (Å²) in [5.74, 6) is 0. The summed E-state index contributed by atoms with van der Waals surface area (Å²) in [4.78, 5) is 0.277. The maximum Gasteiger partial charge on any atom is 0.244 e. The van der Waals surface area contributed by atoms with E-state index >= 15 is 0 Å². The zero-order chi connectivity index (χ0) is 16.6. The van der Waals surface area contributed by atoms with E-state index in [0.29, 0.717) is 16.4 Å². The Balaban J connectivity index is 1.98. The largest absolute Gasteiger partial charge is 0.244 e. The van der Waals surface area contributed by atoms with Crippen LogP contribution in [0.2, 0.25) is 5.02 Å². The van der Waals surface area contributed by atoms with Gasteiger partial charge in [0.25, 0.3) is 0 Å². The number of benzene rings is 1. The van der Waals surface area contributed by atoms with Crippen LogP contribution in [0.1, 0.15) is 37.1 Å². The lowest BCUT2D eigenvalue weighted by Crippen LogP contribution is -2.33. The third-order valence-electron chi connectivity index (χ3n) is 4.24. The van der Waals surface area contributed by atoms with Crippen LogP contribution in [0.25, 0.3) is 5.69 Å². The molecule has 1 aliphatic carbocycles. The molecular formula is C16H20ClN3O2S. The number of nitrogens with one attached hydrogen (secondary N) is 1. The molecule has 1 heterocycles. The van der Waals surface area contributed by atoms with Crippen molar-refractivity contribution in [3.63, 3.8) is 0 Å². The van der Waals surface area contributed by atoms with Gasteiger partial charge in [0.15, 0.2) is 0 Å². The highest BCUT2D eigenvalue weighted by molar-refractivity contribution is 7.89. The molecule has 2 aromatic rings. The molecule has 0 saturated heterocycles. The van der Waals surface area contributed by atoms with Crippen molar-refractivity contribution in [3.05, 3.63) is 40.7 Å². The van der Waals surface area contributed by atoms with Crippen molar-refractivity contribution < 1.29 is 8.42 Å². The molecule has 3 rings (SSSR count). The van der Waals surface area contributed by atoms with Crippen LogP contribution in [0.4, 0.5) is 0 Å². The molecule has 0 radical (unpaired) electrons. The van der Waals surface area contributed by atoms with E-state index in [-0.39, 0.29) is 10.9 Å². The maximum absolute atomic E-state index is 12.7. The number of sulfonamides is 1. The molecular weight excluding hydrogens is 334 g/mol. The van der Waals surface area contributed by atoms with Crippen LogP contribution in [0, 0.1) is 13.8 Å². The number of nitrogens with zero attached hydrogens (tertiary/aromatic N) is 2. The molecule has 0 amide bonds. The van der Waals surface area contributed by atoms with Gasteiger partial charge in [0.05, 0.1) is 17.1 Å². The van der Waals surface area contributed by atoms with Gasteiger partial charge >= 0.3 is 0 Å². The van der Waals surface area contributed by atoms with Crippen molar-refractivity contribution >= 4 is 21.6 Å². The lowest BCUT2D eigenvalue weighted by atomic mass is 10.3. The average molecular weight is 354 g/mol. The van der Waals surface area contributed by atoms with Crippen molar-refractivity contribution in [1.82, 2.24) is 14.5 Å². The standard InChI is InChI=1S/C16H20ClN3O2S/c1-11-16(23(21,22)19-14-5-3-4-6-14)12(2)20(18-11)15-9-7-13(17)8-10-15/h7-10,14,19H,3-6H2,1-2H3. The zero-order valence-electron chi connectivity index (χ0n) is 13.2. The topological polar surface area (TPSA) is 64.0 Å². The monoisotopic (exact) mass is 353 g/mol. The van der Waals surface area contributed by atoms with Crippen LogP contribution in [-0.2, 0) is 10.0 Å². The van der Waals surface area contributed by atoms with Crippen molar-refractivity contribution in [2.75, 3.05) is 0 Å². The van der Waals surface area contributed by atoms with Crippen molar-refractivity contribution in [1.29, 1.82) is 0 Å². The number of aromatic nitrogens is 2. The molecule has 1 saturated carbocycles. The summed E-state index contributed by atoms with van der Waals surface area (Å²) in [5.41, 5.74) is 1.90. The first-order valence-electron chi connectivity index (χ1n) is 7.73. The molecule has 0 bridgehead atoms. The van der Waals surface area contributed by atoms with Gasteiger partial charge in [-0.3, -0.25) is 0 Å². The van der Waals surface area contributed by atoms with Crippen LogP contribution < -0.4 is 4.72 Å². The minimum atomic E-state index is -3.56. The van der Waals surface area contributed by atoms with Crippen molar-refractivity contribution in [2.24, 2.45) is 0 Å². The van der Waals surface area contributed by atoms with E-state index in [4.69, 9.17) is 11.6 Å². The fraction of sp³-hybridized carbons (Fsp3) is 0.438. The second kappa shape index (κ2) is 6.26. The molecule has 23 heavy (non-hydrogen) atoms. The molecule has 124 valence electrons. The molecule has 0 aliphatic heterocycles. The van der Waals surface area contributed by atoms with E-state index in [1.807, 2.05) is 12.1 Å². The number of halogens is 1. The Morgan fingerprint density at radius 3 is 2.39 bits per heavy atom. The van der Waals surface area contributed by atoms with Gasteiger partial charge in [-0.05, 0) is 51.0 Å². The highest BCUT2D eigenvalue weighted by Gasteiger charge is 2.28. The Hall–Kier alpha value is -1.37. The second-order valence-electron chi connectivity index (χ2n) is 5.99. The Bertz CT molecular complexity index is 807. The number of hydrogen-bond acceptors (Lipinski definition) is 3. The Morgan fingerprint density at radius 2 is 1.78 bits per heavy atom. The summed E-state index contributed by atoms with van der Waals surface area (Å²) in [6, 6.07) is 7.21. The number of aryl methyl sites for hydroxylation is 1. The van der Waals surface area contributed by atoms with E-state index < -0.39 is 10.0 Å². The highest BCUT2D eigenvalue weighted by atomic mass is 35.5. The fourth-order valence-corrected chi connectivity index (χ4v) is 5.00. The van der Waals surface area contributed by atoms with Gasteiger partial charge in [0.2, 0.25) is 10.0 Å². The Labute approximate surface area is 141 Å². The maximum atomic E-state index is 12.7. The molecule has 1 aromatic heterocycles. The molecule has 0 atom stereocenters. The summed E-state index contributed by atoms with van der Waals surface area (Å²) in [5, 5.41) is 5.04. The molecule has 1 fully saturated rings. The highest BCUT2D eigenvalue weighted by Crippen LogP contribution is 2.25. The predicted octanol–water partition coefficient (Wildman–Crippen LogP) is 3.36. The summed E-state index contributed by atoms with van der Waals surface area (Å²) < 4.78 is 30.0. The molecule has 5 nitrogen and oxygen atoms in total. The normalized spacial score (nSPS) is 16.1. The third-order valence-corrected chi connectivity index (χ3v) is 6.27. The summed E-state index contributed by atoms with van der Waals surface area (Å²) in [6.07, 6.45) is 3.97. The molecule has 1 aromatic carbocycles. The van der Waals surface area contributed by atoms with Crippen LogP contribution >= 0.6 is 11.6 Å². The lowest BCUT2D eigenvalue weighted by Gasteiger charge is -2.13. The van der Waals surface area contributed by atoms with Crippen LogP contribution in [0.3, 0.4) is 0 Å². The minimum absolute atomic E-state index is 0.0395. The molecule has 7 heteroatoms. The van der Waals surface area contributed by atoms with Gasteiger partial charge in [-0.15, -0.1) is 0 Å². The van der Waals surface area contributed by atoms with Crippen molar-refractivity contribution in [2.45, 2.75) is 50.5 Å². The van der Waals surface area contributed by atoms with Crippen molar-refractivity contribution in [3.8, 4) is 5.69 Å². The van der Waals surface area contributed by atoms with E-state index in [1.54, 1.807) is 30.7 Å². The van der Waals surface area contributed by atoms with Gasteiger partial charge in [-0.2, -0.15) is 5.10 Å². The minimum Gasteiger partial charge on any atom is -0.236 e. The third kappa shape index (κ3) is 3.29. The fourth-order valence-electron chi connectivity index (χ4n) is 3.17. The molecule has 1 N–H and O–H groups in total. The van der Waals surface area contributed by atoms with Crippen LogP contribution in [0.15, 0.2) is 29.2 Å². The van der Waals surface area contributed by atoms with Gasteiger partial charge in [-0.25, -0.2) is 17.8 Å². The van der Waals surface area contributed by atoms with E-state index in [0.717, 1.165) is 31.4 Å². The van der Waals surface area contributed by atoms with E-state index in [9.17, 15) is 8.42 Å². The van der Waals surface area contributed by atoms with Gasteiger partial charge in [-0.1, -0.05) is 24.4 Å². The summed E-state index contributed by atoms with van der Waals surface area (Å²) in [7, 11) is -3.56. The SMILES string of the molecule is Cc1nn(-c2ccc(Cl)cc2)c(C)c1S(=O)(=O)NC1CCCC1. The first-order chi connectivity index (χ1) is 10.9. The first-order valence-corrected chi connectivity index (χ1v) is 9.59. The quantitative estimate of drug-likeness (QED) is 0.916. The molecule has 0 unspecified atom stereocenters. The predicted molar refractivity (Wildman–Crippen MR) is 90.6 cm³/mol. The summed E-state index contributed by atoms with van der Waals surface area (Å²) >= 11 is 5.91. The van der Waals surface area contributed by atoms with E-state index in [2.05, 4.69) is 9.82 Å². The molecule has 0 spiro atoms. The van der Waals surface area contributed by atoms with E-state index in [1.165, 1.54) is 0 Å².